The minimum Gasteiger partial charge on any atom is -0.449 e. The van der Waals surface area contributed by atoms with E-state index < -0.39 is 6.16 Å². The van der Waals surface area contributed by atoms with Gasteiger partial charge in [0.15, 0.2) is 5.75 Å². The van der Waals surface area contributed by atoms with Gasteiger partial charge < -0.3 is 9.84 Å². The SMILES string of the molecule is CC(C)c1nc2ccc(Cl)cc2c(Cc2ccccc2Cl)c1OC(=O)O. The van der Waals surface area contributed by atoms with Crippen LogP contribution in [0.1, 0.15) is 36.6 Å². The van der Waals surface area contributed by atoms with Crippen LogP contribution in [0.4, 0.5) is 4.79 Å². The Kier molecular flexibility index (Phi) is 5.35. The van der Waals surface area contributed by atoms with E-state index in [0.29, 0.717) is 27.7 Å². The Labute approximate surface area is 161 Å². The highest BCUT2D eigenvalue weighted by molar-refractivity contribution is 6.31. The Morgan fingerprint density at radius 3 is 2.58 bits per heavy atom. The number of benzene rings is 2. The molecule has 3 aromatic rings. The lowest BCUT2D eigenvalue weighted by molar-refractivity contribution is 0.143. The van der Waals surface area contributed by atoms with E-state index in [0.717, 1.165) is 16.5 Å². The molecule has 0 radical (unpaired) electrons. The summed E-state index contributed by atoms with van der Waals surface area (Å²) in [5, 5.41) is 11.1. The standard InChI is InChI=1S/C20H17Cl2NO3/c1-11(2)18-19(26-20(24)25)15(9-12-5-3-4-6-16(12)22)14-10-13(21)7-8-17(14)23-18/h3-8,10-11H,9H2,1-2H3,(H,24,25). The van der Waals surface area contributed by atoms with Crippen LogP contribution in [0.25, 0.3) is 10.9 Å². The normalized spacial score (nSPS) is 11.1. The maximum atomic E-state index is 11.3. The lowest BCUT2D eigenvalue weighted by Crippen LogP contribution is -2.11. The van der Waals surface area contributed by atoms with E-state index in [2.05, 4.69) is 4.98 Å². The largest absolute Gasteiger partial charge is 0.511 e. The second-order valence-corrected chi connectivity index (χ2v) is 7.10. The average molecular weight is 390 g/mol. The molecule has 2 aromatic carbocycles. The molecule has 0 spiro atoms. The van der Waals surface area contributed by atoms with Crippen LogP contribution < -0.4 is 4.74 Å². The Bertz CT molecular complexity index is 986. The molecule has 4 nitrogen and oxygen atoms in total. The predicted molar refractivity (Wildman–Crippen MR) is 104 cm³/mol. The first-order valence-corrected chi connectivity index (χ1v) is 8.88. The summed E-state index contributed by atoms with van der Waals surface area (Å²) in [6.07, 6.45) is -0.975. The molecule has 0 bridgehead atoms. The summed E-state index contributed by atoms with van der Waals surface area (Å²) in [6, 6.07) is 12.8. The molecule has 3 rings (SSSR count). The van der Waals surface area contributed by atoms with Crippen molar-refractivity contribution in [2.75, 3.05) is 0 Å². The molecule has 134 valence electrons. The average Bonchev–Trinajstić information content (AvgIpc) is 2.58. The molecule has 0 atom stereocenters. The van der Waals surface area contributed by atoms with E-state index in [9.17, 15) is 9.90 Å². The summed E-state index contributed by atoms with van der Waals surface area (Å²) in [7, 11) is 0. The Balaban J connectivity index is 2.32. The zero-order chi connectivity index (χ0) is 18.8. The quantitative estimate of drug-likeness (QED) is 0.530. The molecule has 0 unspecified atom stereocenters. The zero-order valence-corrected chi connectivity index (χ0v) is 15.8. The third-order valence-electron chi connectivity index (χ3n) is 4.09. The van der Waals surface area contributed by atoms with Crippen LogP contribution in [0.15, 0.2) is 42.5 Å². The summed E-state index contributed by atoms with van der Waals surface area (Å²) < 4.78 is 5.17. The first-order chi connectivity index (χ1) is 12.4. The highest BCUT2D eigenvalue weighted by Gasteiger charge is 2.22. The fourth-order valence-electron chi connectivity index (χ4n) is 2.91. The number of hydrogen-bond acceptors (Lipinski definition) is 3. The number of fused-ring (bicyclic) bond motifs is 1. The van der Waals surface area contributed by atoms with E-state index >= 15 is 0 Å². The van der Waals surface area contributed by atoms with Gasteiger partial charge in [0.1, 0.15) is 0 Å². The fraction of sp³-hybridized carbons (Fsp3) is 0.200. The summed E-state index contributed by atoms with van der Waals surface area (Å²) >= 11 is 12.5. The highest BCUT2D eigenvalue weighted by atomic mass is 35.5. The smallest absolute Gasteiger partial charge is 0.449 e. The molecule has 1 N–H and O–H groups in total. The van der Waals surface area contributed by atoms with E-state index in [4.69, 9.17) is 27.9 Å². The minimum atomic E-state index is -1.38. The predicted octanol–water partition coefficient (Wildman–Crippen LogP) is 6.31. The number of nitrogens with zero attached hydrogens (tertiary/aromatic N) is 1. The number of carboxylic acid groups (broad SMARTS) is 1. The number of halogens is 2. The van der Waals surface area contributed by atoms with Gasteiger partial charge in [-0.1, -0.05) is 55.2 Å². The molecule has 0 aliphatic carbocycles. The van der Waals surface area contributed by atoms with Gasteiger partial charge in [0.25, 0.3) is 0 Å². The van der Waals surface area contributed by atoms with Gasteiger partial charge in [0.05, 0.1) is 11.2 Å². The second kappa shape index (κ2) is 7.52. The van der Waals surface area contributed by atoms with Gasteiger partial charge in [-0.3, -0.25) is 0 Å². The molecule has 0 aliphatic rings. The van der Waals surface area contributed by atoms with Crippen LogP contribution in [0.5, 0.6) is 5.75 Å². The molecule has 1 aromatic heterocycles. The molecule has 0 amide bonds. The van der Waals surface area contributed by atoms with Crippen molar-refractivity contribution in [3.63, 3.8) is 0 Å². The maximum absolute atomic E-state index is 11.3. The molecule has 1 heterocycles. The third kappa shape index (κ3) is 3.76. The number of rotatable bonds is 4. The molecule has 0 saturated heterocycles. The Hall–Kier alpha value is -2.30. The Morgan fingerprint density at radius 2 is 1.92 bits per heavy atom. The first-order valence-electron chi connectivity index (χ1n) is 8.13. The highest BCUT2D eigenvalue weighted by Crippen LogP contribution is 2.37. The second-order valence-electron chi connectivity index (χ2n) is 6.26. The topological polar surface area (TPSA) is 59.4 Å². The van der Waals surface area contributed by atoms with Gasteiger partial charge in [-0.05, 0) is 35.7 Å². The van der Waals surface area contributed by atoms with Crippen LogP contribution >= 0.6 is 23.2 Å². The van der Waals surface area contributed by atoms with Crippen molar-refractivity contribution < 1.29 is 14.6 Å². The molecule has 26 heavy (non-hydrogen) atoms. The lowest BCUT2D eigenvalue weighted by Gasteiger charge is -2.18. The minimum absolute atomic E-state index is 0.0191. The summed E-state index contributed by atoms with van der Waals surface area (Å²) in [6.45, 7) is 3.89. The van der Waals surface area contributed by atoms with Crippen molar-refractivity contribution >= 4 is 40.3 Å². The monoisotopic (exact) mass is 389 g/mol. The molecule has 0 fully saturated rings. The number of ether oxygens (including phenoxy) is 1. The van der Waals surface area contributed by atoms with E-state index in [-0.39, 0.29) is 11.7 Å². The van der Waals surface area contributed by atoms with Crippen molar-refractivity contribution in [3.05, 3.63) is 69.3 Å². The van der Waals surface area contributed by atoms with E-state index in [1.807, 2.05) is 38.1 Å². The number of hydrogen-bond donors (Lipinski definition) is 1. The number of carbonyl (C=O) groups is 1. The van der Waals surface area contributed by atoms with Crippen molar-refractivity contribution in [2.24, 2.45) is 0 Å². The number of aromatic nitrogens is 1. The summed E-state index contributed by atoms with van der Waals surface area (Å²) in [4.78, 5) is 15.9. The van der Waals surface area contributed by atoms with Crippen molar-refractivity contribution in [2.45, 2.75) is 26.2 Å². The molecular weight excluding hydrogens is 373 g/mol. The summed E-state index contributed by atoms with van der Waals surface area (Å²) in [5.74, 6) is 0.233. The van der Waals surface area contributed by atoms with Gasteiger partial charge in [-0.25, -0.2) is 9.78 Å². The van der Waals surface area contributed by atoms with Gasteiger partial charge in [-0.2, -0.15) is 0 Å². The van der Waals surface area contributed by atoms with Gasteiger partial charge in [-0.15, -0.1) is 0 Å². The van der Waals surface area contributed by atoms with Crippen molar-refractivity contribution in [1.82, 2.24) is 4.98 Å². The van der Waals surface area contributed by atoms with Gasteiger partial charge in [0.2, 0.25) is 0 Å². The molecule has 0 aliphatic heterocycles. The van der Waals surface area contributed by atoms with Crippen LogP contribution in [0, 0.1) is 0 Å². The van der Waals surface area contributed by atoms with Crippen molar-refractivity contribution in [1.29, 1.82) is 0 Å². The molecular formula is C20H17Cl2NO3. The number of pyridine rings is 1. The van der Waals surface area contributed by atoms with Crippen molar-refractivity contribution in [3.8, 4) is 5.75 Å². The van der Waals surface area contributed by atoms with Crippen LogP contribution in [-0.4, -0.2) is 16.2 Å². The third-order valence-corrected chi connectivity index (χ3v) is 4.70. The van der Waals surface area contributed by atoms with Crippen LogP contribution in [0.3, 0.4) is 0 Å². The lowest BCUT2D eigenvalue weighted by atomic mass is 9.96. The summed E-state index contributed by atoms with van der Waals surface area (Å²) in [5.41, 5.74) is 2.89. The molecule has 6 heteroatoms. The first kappa shape index (κ1) is 18.5. The van der Waals surface area contributed by atoms with E-state index in [1.54, 1.807) is 18.2 Å². The Morgan fingerprint density at radius 1 is 1.19 bits per heavy atom. The van der Waals surface area contributed by atoms with E-state index in [1.165, 1.54) is 0 Å². The zero-order valence-electron chi connectivity index (χ0n) is 14.3. The maximum Gasteiger partial charge on any atom is 0.511 e. The molecule has 0 saturated carbocycles. The fourth-order valence-corrected chi connectivity index (χ4v) is 3.28. The van der Waals surface area contributed by atoms with Crippen LogP contribution in [0.2, 0.25) is 10.0 Å². The van der Waals surface area contributed by atoms with Crippen LogP contribution in [-0.2, 0) is 6.42 Å². The van der Waals surface area contributed by atoms with Gasteiger partial charge >= 0.3 is 6.16 Å². The van der Waals surface area contributed by atoms with Gasteiger partial charge in [0, 0.05) is 27.4 Å².